The number of carbonyl (C=O) groups excluding carboxylic acids is 3. The van der Waals surface area contributed by atoms with Gasteiger partial charge in [0.15, 0.2) is 10.9 Å². The van der Waals surface area contributed by atoms with Crippen LogP contribution in [0.2, 0.25) is 0 Å². The Bertz CT molecular complexity index is 1120. The van der Waals surface area contributed by atoms with Crippen molar-refractivity contribution < 1.29 is 22.8 Å². The largest absolute Gasteiger partial charge is 0.317 e. The second kappa shape index (κ2) is 10.6. The molecule has 1 saturated carbocycles. The summed E-state index contributed by atoms with van der Waals surface area (Å²) >= 11 is 2.49. The highest BCUT2D eigenvalue weighted by Gasteiger charge is 2.26. The Morgan fingerprint density at radius 1 is 1.12 bits per heavy atom. The van der Waals surface area contributed by atoms with E-state index in [0.29, 0.717) is 21.2 Å². The minimum Gasteiger partial charge on any atom is -0.317 e. The van der Waals surface area contributed by atoms with E-state index in [1.165, 1.54) is 11.8 Å². The number of anilines is 2. The summed E-state index contributed by atoms with van der Waals surface area (Å²) in [5.41, 5.74) is 1.15. The lowest BCUT2D eigenvalue weighted by Gasteiger charge is -2.13. The van der Waals surface area contributed by atoms with Crippen LogP contribution in [-0.4, -0.2) is 43.5 Å². The average Bonchev–Trinajstić information content (AvgIpc) is 3.41. The predicted molar refractivity (Wildman–Crippen MR) is 126 cm³/mol. The van der Waals surface area contributed by atoms with Gasteiger partial charge in [0, 0.05) is 11.5 Å². The van der Waals surface area contributed by atoms with Crippen LogP contribution < -0.4 is 15.4 Å². The fraction of sp³-hybridized carbons (Fsp3) is 0.400. The molecule has 0 spiro atoms. The molecule has 172 valence electrons. The molecule has 1 aromatic heterocycles. The van der Waals surface area contributed by atoms with Crippen LogP contribution in [0.5, 0.6) is 0 Å². The number of thioether (sulfide) groups is 1. The van der Waals surface area contributed by atoms with Crippen LogP contribution >= 0.6 is 23.1 Å². The lowest BCUT2D eigenvalue weighted by Crippen LogP contribution is -2.30. The van der Waals surface area contributed by atoms with Crippen molar-refractivity contribution in [3.05, 3.63) is 35.5 Å². The quantitative estimate of drug-likeness (QED) is 0.291. The molecule has 1 aliphatic rings. The summed E-state index contributed by atoms with van der Waals surface area (Å²) in [4.78, 5) is 41.9. The molecule has 2 aromatic rings. The molecule has 0 atom stereocenters. The topological polar surface area (TPSA) is 134 Å². The van der Waals surface area contributed by atoms with Crippen LogP contribution in [0, 0.1) is 5.92 Å². The smallest absolute Gasteiger partial charge is 0.315 e. The molecule has 3 N–H and O–H groups in total. The molecule has 9 nitrogen and oxygen atoms in total. The molecule has 1 aliphatic carbocycles. The molecule has 1 aromatic carbocycles. The molecule has 0 saturated heterocycles. The summed E-state index contributed by atoms with van der Waals surface area (Å²) < 4.78 is 25.7. The molecule has 0 unspecified atom stereocenters. The molecular formula is C20H24N4O5S3. The van der Waals surface area contributed by atoms with Gasteiger partial charge in [-0.15, -0.1) is 11.8 Å². The number of aromatic nitrogens is 1. The van der Waals surface area contributed by atoms with Gasteiger partial charge in [-0.1, -0.05) is 36.3 Å². The molecule has 1 heterocycles. The number of thiazole rings is 1. The number of ketones is 1. The highest BCUT2D eigenvalue weighted by atomic mass is 32.2. The van der Waals surface area contributed by atoms with Gasteiger partial charge in [0.05, 0.1) is 28.4 Å². The van der Waals surface area contributed by atoms with E-state index in [9.17, 15) is 22.8 Å². The SMILES string of the molecule is CSc1sc(NC(=O)C(=O)Nc2ccccc2C(=O)C2CCCC2)nc1CNS(C)(=O)=O. The summed E-state index contributed by atoms with van der Waals surface area (Å²) in [7, 11) is -3.40. The number of rotatable bonds is 8. The Morgan fingerprint density at radius 2 is 1.78 bits per heavy atom. The lowest BCUT2D eigenvalue weighted by molar-refractivity contribution is -0.133. The number of carbonyl (C=O) groups is 3. The highest BCUT2D eigenvalue weighted by molar-refractivity contribution is 8.00. The van der Waals surface area contributed by atoms with Crippen molar-refractivity contribution in [2.45, 2.75) is 36.4 Å². The van der Waals surface area contributed by atoms with Crippen LogP contribution in [0.1, 0.15) is 41.7 Å². The zero-order chi connectivity index (χ0) is 23.3. The van der Waals surface area contributed by atoms with Crippen LogP contribution in [0.15, 0.2) is 28.5 Å². The molecular weight excluding hydrogens is 472 g/mol. The minimum absolute atomic E-state index is 0.0219. The van der Waals surface area contributed by atoms with Crippen molar-refractivity contribution in [1.82, 2.24) is 9.71 Å². The van der Waals surface area contributed by atoms with Crippen molar-refractivity contribution in [1.29, 1.82) is 0 Å². The number of nitrogens with zero attached hydrogens (tertiary/aromatic N) is 1. The second-order valence-electron chi connectivity index (χ2n) is 7.35. The molecule has 3 rings (SSSR count). The van der Waals surface area contributed by atoms with Gasteiger partial charge in [0.25, 0.3) is 0 Å². The maximum absolute atomic E-state index is 12.8. The summed E-state index contributed by atoms with van der Waals surface area (Å²) in [6.45, 7) is -0.0236. The monoisotopic (exact) mass is 496 g/mol. The van der Waals surface area contributed by atoms with Crippen LogP contribution in [0.25, 0.3) is 0 Å². The van der Waals surface area contributed by atoms with Crippen molar-refractivity contribution >= 4 is 61.5 Å². The number of para-hydroxylation sites is 1. The van der Waals surface area contributed by atoms with E-state index < -0.39 is 21.8 Å². The Hall–Kier alpha value is -2.28. The standard InChI is InChI=1S/C20H24N4O5S3/c1-30-19-15(11-21-32(2,28)29)23-20(31-19)24-18(27)17(26)22-14-10-6-5-9-13(14)16(25)12-7-3-4-8-12/h5-6,9-10,12,21H,3-4,7-8,11H2,1-2H3,(H,22,26)(H,23,24,27). The van der Waals surface area contributed by atoms with Gasteiger partial charge < -0.3 is 5.32 Å². The van der Waals surface area contributed by atoms with Crippen molar-refractivity contribution in [3.63, 3.8) is 0 Å². The van der Waals surface area contributed by atoms with E-state index in [0.717, 1.165) is 43.3 Å². The molecule has 1 fully saturated rings. The number of hydrogen-bond acceptors (Lipinski definition) is 8. The maximum atomic E-state index is 12.8. The van der Waals surface area contributed by atoms with E-state index in [4.69, 9.17) is 0 Å². The summed E-state index contributed by atoms with van der Waals surface area (Å²) in [5.74, 6) is -1.93. The molecule has 32 heavy (non-hydrogen) atoms. The van der Waals surface area contributed by atoms with Crippen LogP contribution in [0.4, 0.5) is 10.8 Å². The van der Waals surface area contributed by atoms with Gasteiger partial charge >= 0.3 is 11.8 Å². The van der Waals surface area contributed by atoms with Crippen LogP contribution in [-0.2, 0) is 26.2 Å². The first-order valence-corrected chi connectivity index (χ1v) is 13.8. The van der Waals surface area contributed by atoms with Gasteiger partial charge in [-0.05, 0) is 31.2 Å². The fourth-order valence-corrected chi connectivity index (χ4v) is 5.44. The Labute approximate surface area is 194 Å². The maximum Gasteiger partial charge on any atom is 0.315 e. The molecule has 0 radical (unpaired) electrons. The van der Waals surface area contributed by atoms with Crippen LogP contribution in [0.3, 0.4) is 0 Å². The Kier molecular flexibility index (Phi) is 8.04. The van der Waals surface area contributed by atoms with E-state index >= 15 is 0 Å². The molecule has 2 amide bonds. The molecule has 0 aliphatic heterocycles. The first kappa shape index (κ1) is 24.4. The third-order valence-electron chi connectivity index (χ3n) is 4.94. The summed E-state index contributed by atoms with van der Waals surface area (Å²) in [6.07, 6.45) is 6.54. The van der Waals surface area contributed by atoms with Gasteiger partial charge in [-0.25, -0.2) is 18.1 Å². The van der Waals surface area contributed by atoms with E-state index in [1.54, 1.807) is 30.5 Å². The zero-order valence-corrected chi connectivity index (χ0v) is 20.1. The average molecular weight is 497 g/mol. The number of benzene rings is 1. The highest BCUT2D eigenvalue weighted by Crippen LogP contribution is 2.32. The predicted octanol–water partition coefficient (Wildman–Crippen LogP) is 2.86. The summed E-state index contributed by atoms with van der Waals surface area (Å²) in [6, 6.07) is 6.66. The number of nitrogens with one attached hydrogen (secondary N) is 3. The molecule has 12 heteroatoms. The van der Waals surface area contributed by atoms with Gasteiger partial charge in [-0.3, -0.25) is 19.7 Å². The van der Waals surface area contributed by atoms with E-state index in [2.05, 4.69) is 20.3 Å². The Morgan fingerprint density at radius 3 is 2.44 bits per heavy atom. The van der Waals surface area contributed by atoms with E-state index in [-0.39, 0.29) is 23.4 Å². The number of amides is 2. The second-order valence-corrected chi connectivity index (χ2v) is 11.3. The fourth-order valence-electron chi connectivity index (χ4n) is 3.41. The third-order valence-corrected chi connectivity index (χ3v) is 7.77. The number of sulfonamides is 1. The first-order chi connectivity index (χ1) is 15.2. The van der Waals surface area contributed by atoms with E-state index in [1.807, 2.05) is 0 Å². The van der Waals surface area contributed by atoms with Gasteiger partial charge in [0.2, 0.25) is 10.0 Å². The molecule has 0 bridgehead atoms. The normalized spacial score (nSPS) is 14.3. The van der Waals surface area contributed by atoms with Crippen molar-refractivity contribution in [2.75, 3.05) is 23.1 Å². The van der Waals surface area contributed by atoms with Gasteiger partial charge in [0.1, 0.15) is 0 Å². The van der Waals surface area contributed by atoms with Gasteiger partial charge in [-0.2, -0.15) is 0 Å². The number of Topliss-reactive ketones (excluding diaryl/α,β-unsaturated/α-hetero) is 1. The zero-order valence-electron chi connectivity index (χ0n) is 17.6. The summed E-state index contributed by atoms with van der Waals surface area (Å²) in [5, 5.41) is 5.14. The van der Waals surface area contributed by atoms with Crippen molar-refractivity contribution in [2.24, 2.45) is 5.92 Å². The third kappa shape index (κ3) is 6.37. The Balaban J connectivity index is 1.68. The lowest BCUT2D eigenvalue weighted by atomic mass is 9.95. The number of hydrogen-bond donors (Lipinski definition) is 3. The first-order valence-electron chi connectivity index (χ1n) is 9.92. The van der Waals surface area contributed by atoms with Crippen molar-refractivity contribution in [3.8, 4) is 0 Å². The minimum atomic E-state index is -3.40.